The number of hydrogen-bond acceptors (Lipinski definition) is 11. The number of halogens is 6. The van der Waals surface area contributed by atoms with E-state index in [4.69, 9.17) is 43.2 Å². The third-order valence-corrected chi connectivity index (χ3v) is 13.4. The highest BCUT2D eigenvalue weighted by Crippen LogP contribution is 2.63. The van der Waals surface area contributed by atoms with Crippen molar-refractivity contribution in [2.24, 2.45) is 35.5 Å². The molecule has 10 aliphatic rings. The van der Waals surface area contributed by atoms with Crippen molar-refractivity contribution < 1.29 is 69.6 Å². The van der Waals surface area contributed by atoms with Gasteiger partial charge in [-0.15, -0.1) is 5.10 Å². The lowest BCUT2D eigenvalue weighted by molar-refractivity contribution is -0.558. The number of aromatic nitrogens is 3. The summed E-state index contributed by atoms with van der Waals surface area (Å²) in [7, 11) is 0. The van der Waals surface area contributed by atoms with E-state index < -0.39 is 77.7 Å². The van der Waals surface area contributed by atoms with Crippen molar-refractivity contribution in [3.05, 3.63) is 34.6 Å². The predicted molar refractivity (Wildman–Crippen MR) is 164 cm³/mol. The van der Waals surface area contributed by atoms with E-state index >= 15 is 0 Å². The minimum atomic E-state index is -4.87. The molecule has 12 atom stereocenters. The summed E-state index contributed by atoms with van der Waals surface area (Å²) < 4.78 is 119. The van der Waals surface area contributed by atoms with Crippen LogP contribution in [-0.2, 0) is 56.4 Å². The van der Waals surface area contributed by atoms with Gasteiger partial charge in [0.25, 0.3) is 0 Å². The highest BCUT2D eigenvalue weighted by Gasteiger charge is 2.72. The van der Waals surface area contributed by atoms with E-state index in [2.05, 4.69) is 10.3 Å². The van der Waals surface area contributed by atoms with Gasteiger partial charge in [0.15, 0.2) is 11.2 Å². The maximum atomic E-state index is 14.8. The fourth-order valence-electron chi connectivity index (χ4n) is 10.8. The summed E-state index contributed by atoms with van der Waals surface area (Å²) in [5.74, 6) is -6.68. The van der Waals surface area contributed by atoms with Crippen LogP contribution in [0, 0.1) is 35.5 Å². The highest BCUT2D eigenvalue weighted by molar-refractivity contribution is 5.30. The van der Waals surface area contributed by atoms with Crippen molar-refractivity contribution in [1.29, 1.82) is 0 Å². The summed E-state index contributed by atoms with van der Waals surface area (Å²) in [6.07, 6.45) is -7.05. The maximum Gasteiger partial charge on any atom is 0.449 e. The summed E-state index contributed by atoms with van der Waals surface area (Å²) >= 11 is 0. The van der Waals surface area contributed by atoms with Gasteiger partial charge in [-0.3, -0.25) is 0 Å². The standard InChI is InChI=1S/C35H43F6N3O9/c1-17-5-7-24-20(26(34(36,37)38)46-28-32(24)22(17)9-11-30(3,48-28)50-52-32)14-44-19(13-42-43-44)15-45-16-21-25-8-6-18(2)23-10-12-31(4)49-29(33(23,25)53-51-31)47-27(21)35(39,40)41/h13,17-18,22-25,28-29H,5-12,14-16H2,1-4H3/t17-,18-,22+,23+,24+,25+,28-,29-,30-,31-,32-,33-/m1/s1. The monoisotopic (exact) mass is 763 g/mol. The maximum absolute atomic E-state index is 14.8. The Labute approximate surface area is 301 Å². The SMILES string of the molecule is C[C@@H]1CC[C@H]2C(COCc3cnnn3CC3=C(C(F)(F)F)O[C@@H]4O[C@@]5(C)CC[C@H]6[C@H](C)CC[C@@H]3[C@@]46OO5)=C(C(F)(F)F)O[C@@H]3O[C@@]4(C)CC[C@@H]1[C@]32OO4. The third kappa shape index (κ3) is 5.43. The topological polar surface area (TPSA) is 114 Å². The summed E-state index contributed by atoms with van der Waals surface area (Å²) in [6.45, 7) is 6.14. The molecular formula is C35H43F6N3O9. The Morgan fingerprint density at radius 2 is 1.23 bits per heavy atom. The van der Waals surface area contributed by atoms with Crippen molar-refractivity contribution >= 4 is 0 Å². The molecule has 294 valence electrons. The van der Waals surface area contributed by atoms with E-state index in [-0.39, 0.29) is 53.7 Å². The van der Waals surface area contributed by atoms with E-state index in [1.165, 1.54) is 10.9 Å². The summed E-state index contributed by atoms with van der Waals surface area (Å²) in [6, 6.07) is 0. The first-order valence-electron chi connectivity index (χ1n) is 18.5. The highest BCUT2D eigenvalue weighted by atomic mass is 19.4. The van der Waals surface area contributed by atoms with Crippen LogP contribution in [0.25, 0.3) is 0 Å². The van der Waals surface area contributed by atoms with E-state index in [9.17, 15) is 26.3 Å². The van der Waals surface area contributed by atoms with Crippen molar-refractivity contribution in [3.8, 4) is 0 Å². The molecule has 18 heteroatoms. The van der Waals surface area contributed by atoms with Gasteiger partial charge in [0.05, 0.1) is 31.6 Å². The number of alkyl halides is 6. The first-order chi connectivity index (χ1) is 25.0. The van der Waals surface area contributed by atoms with Crippen LogP contribution < -0.4 is 0 Å². The van der Waals surface area contributed by atoms with Gasteiger partial charge in [0.2, 0.25) is 35.7 Å². The average molecular weight is 764 g/mol. The molecule has 53 heavy (non-hydrogen) atoms. The second-order valence-electron chi connectivity index (χ2n) is 16.5. The summed E-state index contributed by atoms with van der Waals surface area (Å²) in [5, 5.41) is 8.01. The molecule has 0 unspecified atom stereocenters. The molecule has 9 heterocycles. The van der Waals surface area contributed by atoms with Crippen LogP contribution in [0.4, 0.5) is 26.3 Å². The van der Waals surface area contributed by atoms with Gasteiger partial charge in [0, 0.05) is 47.7 Å². The lowest BCUT2D eigenvalue weighted by Crippen LogP contribution is -2.67. The predicted octanol–water partition coefficient (Wildman–Crippen LogP) is 6.92. The van der Waals surface area contributed by atoms with Crippen molar-refractivity contribution in [2.45, 2.75) is 140 Å². The zero-order valence-corrected chi connectivity index (χ0v) is 29.8. The second-order valence-corrected chi connectivity index (χ2v) is 16.5. The average Bonchev–Trinajstić information content (AvgIpc) is 3.21. The zero-order chi connectivity index (χ0) is 37.3. The number of rotatable bonds is 6. The first-order valence-corrected chi connectivity index (χ1v) is 18.5. The number of allylic oxidation sites excluding steroid dienone is 2. The normalized spacial score (nSPS) is 44.9. The minimum absolute atomic E-state index is 0.0971. The van der Waals surface area contributed by atoms with Crippen LogP contribution in [0.1, 0.15) is 84.8 Å². The van der Waals surface area contributed by atoms with Crippen molar-refractivity contribution in [2.75, 3.05) is 6.61 Å². The molecule has 8 fully saturated rings. The van der Waals surface area contributed by atoms with E-state index in [0.29, 0.717) is 51.4 Å². The fraction of sp³-hybridized carbons (Fsp3) is 0.829. The smallest absolute Gasteiger partial charge is 0.449 e. The molecule has 2 aliphatic carbocycles. The van der Waals surface area contributed by atoms with Crippen LogP contribution in [0.15, 0.2) is 28.9 Å². The van der Waals surface area contributed by atoms with Gasteiger partial charge < -0.3 is 23.7 Å². The van der Waals surface area contributed by atoms with Gasteiger partial charge in [-0.2, -0.15) is 26.3 Å². The van der Waals surface area contributed by atoms with Gasteiger partial charge in [-0.05, 0) is 64.2 Å². The second kappa shape index (κ2) is 12.0. The van der Waals surface area contributed by atoms with Crippen LogP contribution in [0.3, 0.4) is 0 Å². The Morgan fingerprint density at radius 1 is 0.717 bits per heavy atom. The number of hydrogen-bond donors (Lipinski definition) is 0. The molecular weight excluding hydrogens is 720 g/mol. The van der Waals surface area contributed by atoms with Crippen LogP contribution in [0.5, 0.6) is 0 Å². The molecule has 0 radical (unpaired) electrons. The van der Waals surface area contributed by atoms with Gasteiger partial charge in [-0.25, -0.2) is 24.2 Å². The lowest BCUT2D eigenvalue weighted by Gasteiger charge is -2.57. The molecule has 11 rings (SSSR count). The Morgan fingerprint density at radius 3 is 1.75 bits per heavy atom. The van der Waals surface area contributed by atoms with Gasteiger partial charge in [0.1, 0.15) is 0 Å². The molecule has 1 aromatic rings. The number of fused-ring (bicyclic) bond motifs is 4. The fourth-order valence-corrected chi connectivity index (χ4v) is 10.8. The molecule has 0 aromatic carbocycles. The van der Waals surface area contributed by atoms with E-state index in [1.807, 2.05) is 13.8 Å². The Balaban J connectivity index is 1.01. The van der Waals surface area contributed by atoms with E-state index in [1.54, 1.807) is 13.8 Å². The van der Waals surface area contributed by atoms with Gasteiger partial charge >= 0.3 is 12.4 Å². The Kier molecular flexibility index (Phi) is 8.20. The molecule has 0 amide bonds. The lowest BCUT2D eigenvalue weighted by atomic mass is 9.59. The molecule has 8 aliphatic heterocycles. The summed E-state index contributed by atoms with van der Waals surface area (Å²) in [4.78, 5) is 23.6. The molecule has 2 spiro atoms. The Hall–Kier alpha value is -2.48. The van der Waals surface area contributed by atoms with Crippen LogP contribution in [-0.4, -0.2) is 69.3 Å². The number of ether oxygens (including phenoxy) is 5. The molecule has 2 saturated carbocycles. The Bertz CT molecular complexity index is 1700. The molecule has 4 bridgehead atoms. The van der Waals surface area contributed by atoms with Crippen LogP contribution >= 0.6 is 0 Å². The first kappa shape index (κ1) is 36.2. The quantitative estimate of drug-likeness (QED) is 0.222. The van der Waals surface area contributed by atoms with E-state index in [0.717, 1.165) is 0 Å². The van der Waals surface area contributed by atoms with Crippen LogP contribution in [0.2, 0.25) is 0 Å². The minimum Gasteiger partial charge on any atom is -0.456 e. The van der Waals surface area contributed by atoms with Gasteiger partial charge in [-0.1, -0.05) is 19.1 Å². The summed E-state index contributed by atoms with van der Waals surface area (Å²) in [5.41, 5.74) is -2.63. The third-order valence-electron chi connectivity index (χ3n) is 13.4. The molecule has 12 nitrogen and oxygen atoms in total. The molecule has 0 N–H and O–H groups in total. The van der Waals surface area contributed by atoms with Crippen molar-refractivity contribution in [1.82, 2.24) is 15.0 Å². The number of nitrogens with zero attached hydrogens (tertiary/aromatic N) is 3. The zero-order valence-electron chi connectivity index (χ0n) is 29.8. The van der Waals surface area contributed by atoms with Crippen molar-refractivity contribution in [3.63, 3.8) is 0 Å². The molecule has 1 aromatic heterocycles. The molecule has 6 saturated heterocycles. The largest absolute Gasteiger partial charge is 0.456 e.